The summed E-state index contributed by atoms with van der Waals surface area (Å²) >= 11 is 0. The lowest BCUT2D eigenvalue weighted by Crippen LogP contribution is -2.61. The van der Waals surface area contributed by atoms with E-state index in [0.29, 0.717) is 10.8 Å². The Morgan fingerprint density at radius 3 is 2.39 bits per heavy atom. The number of H-pyrrole nitrogens is 1. The van der Waals surface area contributed by atoms with Gasteiger partial charge in [0.15, 0.2) is 0 Å². The smallest absolute Gasteiger partial charge is 0.330 e. The van der Waals surface area contributed by atoms with Crippen molar-refractivity contribution in [3.8, 4) is 0 Å². The van der Waals surface area contributed by atoms with E-state index >= 15 is 0 Å². The fraction of sp³-hybridized carbons (Fsp3) is 0.304. The highest BCUT2D eigenvalue weighted by Crippen LogP contribution is 2.16. The predicted molar refractivity (Wildman–Crippen MR) is 115 cm³/mol. The average Bonchev–Trinajstić information content (AvgIpc) is 3.25. The van der Waals surface area contributed by atoms with E-state index in [-0.39, 0.29) is 31.1 Å². The van der Waals surface area contributed by atoms with Crippen LogP contribution in [0.25, 0.3) is 12.2 Å². The summed E-state index contributed by atoms with van der Waals surface area (Å²) in [6.45, 7) is 3.81. The van der Waals surface area contributed by atoms with Gasteiger partial charge >= 0.3 is 5.97 Å². The molecule has 1 aliphatic heterocycles. The van der Waals surface area contributed by atoms with Crippen LogP contribution in [-0.2, 0) is 14.3 Å². The molecule has 1 saturated heterocycles. The maximum Gasteiger partial charge on any atom is 0.330 e. The van der Waals surface area contributed by atoms with Crippen molar-refractivity contribution in [2.24, 2.45) is 0 Å². The van der Waals surface area contributed by atoms with Crippen molar-refractivity contribution >= 4 is 35.7 Å². The molecule has 2 aromatic rings. The maximum absolute atomic E-state index is 13.1. The first-order chi connectivity index (χ1) is 14.9. The van der Waals surface area contributed by atoms with Crippen LogP contribution < -0.4 is 10.6 Å². The topological polar surface area (TPSA) is 99.8 Å². The van der Waals surface area contributed by atoms with Crippen molar-refractivity contribution in [3.05, 3.63) is 58.2 Å². The summed E-state index contributed by atoms with van der Waals surface area (Å²) in [5, 5.41) is 1.37. The lowest BCUT2D eigenvalue weighted by Gasteiger charge is -2.39. The van der Waals surface area contributed by atoms with E-state index in [9.17, 15) is 19.2 Å². The molecule has 0 bridgehead atoms. The van der Waals surface area contributed by atoms with Crippen molar-refractivity contribution in [1.82, 2.24) is 14.8 Å². The van der Waals surface area contributed by atoms with Gasteiger partial charge in [0.2, 0.25) is 0 Å². The number of nitrogens with one attached hydrogen (secondary N) is 1. The number of ether oxygens (including phenoxy) is 1. The zero-order chi connectivity index (χ0) is 22.5. The number of hydrogen-bond acceptors (Lipinski definition) is 5. The van der Waals surface area contributed by atoms with Crippen LogP contribution in [0, 0.1) is 0 Å². The number of aromatic nitrogens is 1. The van der Waals surface area contributed by atoms with Gasteiger partial charge in [-0.3, -0.25) is 14.4 Å². The van der Waals surface area contributed by atoms with E-state index in [0.717, 1.165) is 5.35 Å². The van der Waals surface area contributed by atoms with E-state index in [2.05, 4.69) is 4.98 Å². The minimum Gasteiger partial charge on any atom is -0.467 e. The number of methoxy groups -OCH3 is 1. The van der Waals surface area contributed by atoms with Crippen LogP contribution in [-0.4, -0.2) is 71.1 Å². The van der Waals surface area contributed by atoms with Crippen molar-refractivity contribution < 1.29 is 23.9 Å². The van der Waals surface area contributed by atoms with E-state index in [1.807, 2.05) is 13.0 Å². The van der Waals surface area contributed by atoms with Gasteiger partial charge in [-0.1, -0.05) is 30.4 Å². The number of hydrogen-bond donors (Lipinski definition) is 1. The number of esters is 1. The fourth-order valence-electron chi connectivity index (χ4n) is 3.75. The van der Waals surface area contributed by atoms with Gasteiger partial charge < -0.3 is 19.5 Å². The number of piperazine rings is 1. The maximum atomic E-state index is 13.1. The van der Waals surface area contributed by atoms with E-state index in [1.165, 1.54) is 23.1 Å². The Morgan fingerprint density at radius 1 is 1.06 bits per heavy atom. The Labute approximate surface area is 179 Å². The summed E-state index contributed by atoms with van der Waals surface area (Å²) in [5.41, 5.74) is 0.729. The Kier molecular flexibility index (Phi) is 6.69. The molecule has 0 spiro atoms. The van der Waals surface area contributed by atoms with Gasteiger partial charge in [0.05, 0.1) is 19.2 Å². The summed E-state index contributed by atoms with van der Waals surface area (Å²) < 4.78 is 4.86. The van der Waals surface area contributed by atoms with Gasteiger partial charge in [-0.2, -0.15) is 0 Å². The van der Waals surface area contributed by atoms with Crippen LogP contribution >= 0.6 is 0 Å². The molecule has 1 aromatic heterocycles. The lowest BCUT2D eigenvalue weighted by atomic mass is 10.1. The second kappa shape index (κ2) is 9.42. The molecule has 1 fully saturated rings. The van der Waals surface area contributed by atoms with Gasteiger partial charge in [-0.05, 0) is 26.0 Å². The lowest BCUT2D eigenvalue weighted by molar-refractivity contribution is -0.153. The molecular weight excluding hydrogens is 398 g/mol. The summed E-state index contributed by atoms with van der Waals surface area (Å²) in [6, 6.07) is 7.63. The first-order valence-electron chi connectivity index (χ1n) is 10.00. The highest BCUT2D eigenvalue weighted by Gasteiger charge is 2.40. The van der Waals surface area contributed by atoms with Gasteiger partial charge in [0.25, 0.3) is 17.6 Å². The number of nitrogens with zero attached hydrogens (tertiary/aromatic N) is 2. The Bertz CT molecular complexity index is 1120. The SMILES string of the molecule is C/C=c1/c(C(=O)C(=O)N2CCN(C(=O)c3ccccc3)CC2C(=O)OC)c[nH]/c1=C/C. The van der Waals surface area contributed by atoms with Crippen LogP contribution in [0.3, 0.4) is 0 Å². The number of carbonyl (C=O) groups is 4. The molecule has 1 atom stereocenters. The van der Waals surface area contributed by atoms with Crippen LogP contribution in [0.5, 0.6) is 0 Å². The minimum atomic E-state index is -1.06. The molecule has 2 heterocycles. The molecular formula is C23H25N3O5. The third-order valence-electron chi connectivity index (χ3n) is 5.39. The van der Waals surface area contributed by atoms with Gasteiger partial charge in [0.1, 0.15) is 6.04 Å². The van der Waals surface area contributed by atoms with E-state index < -0.39 is 23.7 Å². The molecule has 8 nitrogen and oxygen atoms in total. The predicted octanol–water partition coefficient (Wildman–Crippen LogP) is 0.324. The van der Waals surface area contributed by atoms with Crippen LogP contribution in [0.2, 0.25) is 0 Å². The summed E-state index contributed by atoms with van der Waals surface area (Å²) in [5.74, 6) is -2.43. The zero-order valence-corrected chi connectivity index (χ0v) is 17.8. The van der Waals surface area contributed by atoms with Crippen LogP contribution in [0.1, 0.15) is 34.6 Å². The molecule has 1 unspecified atom stereocenters. The number of rotatable bonds is 4. The molecule has 1 aliphatic rings. The highest BCUT2D eigenvalue weighted by atomic mass is 16.5. The number of carbonyl (C=O) groups excluding carboxylic acids is 4. The van der Waals surface area contributed by atoms with Gasteiger partial charge in [0, 0.05) is 35.4 Å². The number of Topliss-reactive ketones (excluding diaryl/α,β-unsaturated/α-hetero) is 1. The van der Waals surface area contributed by atoms with Crippen molar-refractivity contribution in [3.63, 3.8) is 0 Å². The fourth-order valence-corrected chi connectivity index (χ4v) is 3.75. The Hall–Kier alpha value is -3.68. The molecule has 0 saturated carbocycles. The standard InChI is InChI=1S/C23H25N3O5/c1-4-16-17(13-24-18(16)5-2)20(27)22(29)26-12-11-25(14-19(26)23(30)31-3)21(28)15-9-7-6-8-10-15/h4-10,13,19,24H,11-12,14H2,1-3H3/b16-4-,18-5+. The molecule has 8 heteroatoms. The second-order valence-electron chi connectivity index (χ2n) is 7.09. The number of amides is 2. The Balaban J connectivity index is 1.86. The molecule has 0 radical (unpaired) electrons. The average molecular weight is 423 g/mol. The van der Waals surface area contributed by atoms with Gasteiger partial charge in [-0.15, -0.1) is 0 Å². The van der Waals surface area contributed by atoms with Crippen LogP contribution in [0.15, 0.2) is 36.5 Å². The molecule has 1 N–H and O–H groups in total. The van der Waals surface area contributed by atoms with Crippen molar-refractivity contribution in [2.45, 2.75) is 19.9 Å². The summed E-state index contributed by atoms with van der Waals surface area (Å²) in [7, 11) is 1.21. The summed E-state index contributed by atoms with van der Waals surface area (Å²) in [4.78, 5) is 56.9. The van der Waals surface area contributed by atoms with Crippen LogP contribution in [0.4, 0.5) is 0 Å². The highest BCUT2D eigenvalue weighted by molar-refractivity contribution is 6.43. The molecule has 1 aromatic carbocycles. The normalized spacial score (nSPS) is 17.6. The molecule has 31 heavy (non-hydrogen) atoms. The zero-order valence-electron chi connectivity index (χ0n) is 17.8. The molecule has 2 amide bonds. The third kappa shape index (κ3) is 4.28. The van der Waals surface area contributed by atoms with Crippen molar-refractivity contribution in [1.29, 1.82) is 0 Å². The Morgan fingerprint density at radius 2 is 1.77 bits per heavy atom. The molecule has 3 rings (SSSR count). The number of benzene rings is 1. The number of aromatic amines is 1. The van der Waals surface area contributed by atoms with Crippen molar-refractivity contribution in [2.75, 3.05) is 26.7 Å². The second-order valence-corrected chi connectivity index (χ2v) is 7.09. The van der Waals surface area contributed by atoms with Gasteiger partial charge in [-0.25, -0.2) is 4.79 Å². The minimum absolute atomic E-state index is 0.0469. The third-order valence-corrected chi connectivity index (χ3v) is 5.39. The molecule has 0 aliphatic carbocycles. The first-order valence-corrected chi connectivity index (χ1v) is 10.00. The summed E-state index contributed by atoms with van der Waals surface area (Å²) in [6.07, 6.45) is 5.05. The molecule has 162 valence electrons. The van der Waals surface area contributed by atoms with E-state index in [4.69, 9.17) is 4.74 Å². The quantitative estimate of drug-likeness (QED) is 0.434. The largest absolute Gasteiger partial charge is 0.467 e. The number of ketones is 1. The van der Waals surface area contributed by atoms with E-state index in [1.54, 1.807) is 43.3 Å². The monoisotopic (exact) mass is 423 g/mol. The first kappa shape index (κ1) is 22.0.